The highest BCUT2D eigenvalue weighted by Gasteiger charge is 2.17. The molecule has 19 heavy (non-hydrogen) atoms. The Labute approximate surface area is 125 Å². The van der Waals surface area contributed by atoms with Gasteiger partial charge in [-0.15, -0.1) is 0 Å². The van der Waals surface area contributed by atoms with Crippen molar-refractivity contribution < 1.29 is 0 Å². The van der Waals surface area contributed by atoms with Gasteiger partial charge in [-0.05, 0) is 63.0 Å². The van der Waals surface area contributed by atoms with E-state index in [1.807, 2.05) is 0 Å². The van der Waals surface area contributed by atoms with E-state index in [-0.39, 0.29) is 0 Å². The van der Waals surface area contributed by atoms with E-state index in [9.17, 15) is 0 Å². The molecule has 106 valence electrons. The van der Waals surface area contributed by atoms with Gasteiger partial charge < -0.3 is 10.2 Å². The number of nitrogens with zero attached hydrogens (tertiary/aromatic N) is 1. The molecule has 0 radical (unpaired) electrons. The van der Waals surface area contributed by atoms with Crippen LogP contribution in [0, 0.1) is 5.92 Å². The van der Waals surface area contributed by atoms with Gasteiger partial charge in [-0.3, -0.25) is 0 Å². The maximum Gasteiger partial charge on any atom is 0.0329 e. The minimum Gasteiger partial charge on any atom is -0.313 e. The summed E-state index contributed by atoms with van der Waals surface area (Å²) in [4.78, 5) is 2.62. The van der Waals surface area contributed by atoms with Crippen molar-refractivity contribution in [1.29, 1.82) is 0 Å². The number of hydrogen-bond acceptors (Lipinski definition) is 2. The maximum atomic E-state index is 3.50. The molecular weight excluding hydrogens is 300 g/mol. The lowest BCUT2D eigenvalue weighted by atomic mass is 9.99. The Morgan fingerprint density at radius 3 is 2.74 bits per heavy atom. The van der Waals surface area contributed by atoms with Crippen LogP contribution in [0.1, 0.15) is 37.8 Å². The molecule has 1 aliphatic heterocycles. The quantitative estimate of drug-likeness (QED) is 0.885. The summed E-state index contributed by atoms with van der Waals surface area (Å²) in [5.41, 5.74) is 1.38. The Balaban J connectivity index is 1.87. The lowest BCUT2D eigenvalue weighted by molar-refractivity contribution is 0.176. The minimum atomic E-state index is 0.463. The first-order valence-electron chi connectivity index (χ1n) is 7.34. The molecule has 1 heterocycles. The number of rotatable bonds is 5. The van der Waals surface area contributed by atoms with Gasteiger partial charge in [-0.1, -0.05) is 35.0 Å². The third-order valence-corrected chi connectivity index (χ3v) is 4.62. The number of piperidine rings is 1. The number of likely N-dealkylation sites (tertiary alicyclic amines) is 1. The van der Waals surface area contributed by atoms with Gasteiger partial charge >= 0.3 is 0 Å². The van der Waals surface area contributed by atoms with Gasteiger partial charge in [-0.2, -0.15) is 0 Å². The molecule has 0 saturated carbocycles. The standard InChI is InChI=1S/C16H25BrN2/c1-13-4-3-10-19(12-13)11-9-16(18-2)14-5-7-15(17)8-6-14/h5-8,13,16,18H,3-4,9-12H2,1-2H3. The van der Waals surface area contributed by atoms with Crippen molar-refractivity contribution >= 4 is 15.9 Å². The molecular formula is C16H25BrN2. The first-order valence-corrected chi connectivity index (χ1v) is 8.13. The number of halogens is 1. The first-order chi connectivity index (χ1) is 9.19. The zero-order chi connectivity index (χ0) is 13.7. The average Bonchev–Trinajstić information content (AvgIpc) is 2.41. The van der Waals surface area contributed by atoms with Crippen LogP contribution in [0.15, 0.2) is 28.7 Å². The van der Waals surface area contributed by atoms with Crippen molar-refractivity contribution in [2.24, 2.45) is 5.92 Å². The molecule has 1 aromatic rings. The Bertz CT molecular complexity index is 377. The Kier molecular flexibility index (Phi) is 5.86. The smallest absolute Gasteiger partial charge is 0.0329 e. The van der Waals surface area contributed by atoms with Crippen LogP contribution in [0.5, 0.6) is 0 Å². The largest absolute Gasteiger partial charge is 0.313 e. The molecule has 1 aliphatic rings. The fourth-order valence-electron chi connectivity index (χ4n) is 2.97. The summed E-state index contributed by atoms with van der Waals surface area (Å²) >= 11 is 3.50. The molecule has 2 rings (SSSR count). The second-order valence-corrected chi connectivity index (χ2v) is 6.65. The maximum absolute atomic E-state index is 3.50. The second-order valence-electron chi connectivity index (χ2n) is 5.73. The summed E-state index contributed by atoms with van der Waals surface area (Å²) in [6, 6.07) is 9.14. The van der Waals surface area contributed by atoms with Crippen LogP contribution < -0.4 is 5.32 Å². The van der Waals surface area contributed by atoms with Crippen molar-refractivity contribution in [3.8, 4) is 0 Å². The Morgan fingerprint density at radius 1 is 1.37 bits per heavy atom. The molecule has 0 spiro atoms. The van der Waals surface area contributed by atoms with Crippen molar-refractivity contribution in [3.63, 3.8) is 0 Å². The number of nitrogens with one attached hydrogen (secondary N) is 1. The van der Waals surface area contributed by atoms with Gasteiger partial charge in [0.2, 0.25) is 0 Å². The van der Waals surface area contributed by atoms with Crippen LogP contribution in [-0.4, -0.2) is 31.6 Å². The summed E-state index contributed by atoms with van der Waals surface area (Å²) in [7, 11) is 2.06. The van der Waals surface area contributed by atoms with Gasteiger partial charge in [0.25, 0.3) is 0 Å². The van der Waals surface area contributed by atoms with Gasteiger partial charge in [-0.25, -0.2) is 0 Å². The summed E-state index contributed by atoms with van der Waals surface area (Å²) in [5, 5.41) is 3.45. The van der Waals surface area contributed by atoms with Gasteiger partial charge in [0.05, 0.1) is 0 Å². The Morgan fingerprint density at radius 2 is 2.11 bits per heavy atom. The minimum absolute atomic E-state index is 0.463. The van der Waals surface area contributed by atoms with Crippen molar-refractivity contribution in [1.82, 2.24) is 10.2 Å². The van der Waals surface area contributed by atoms with Crippen LogP contribution in [-0.2, 0) is 0 Å². The summed E-state index contributed by atoms with van der Waals surface area (Å²) < 4.78 is 1.15. The molecule has 1 fully saturated rings. The number of benzene rings is 1. The molecule has 2 atom stereocenters. The van der Waals surface area contributed by atoms with Crippen LogP contribution >= 0.6 is 15.9 Å². The molecule has 0 aromatic heterocycles. The Hall–Kier alpha value is -0.380. The number of hydrogen-bond donors (Lipinski definition) is 1. The summed E-state index contributed by atoms with van der Waals surface area (Å²) in [6.45, 7) is 6.13. The molecule has 0 amide bonds. The fraction of sp³-hybridized carbons (Fsp3) is 0.625. The first kappa shape index (κ1) is 15.0. The third-order valence-electron chi connectivity index (χ3n) is 4.10. The predicted molar refractivity (Wildman–Crippen MR) is 85.4 cm³/mol. The van der Waals surface area contributed by atoms with Crippen molar-refractivity contribution in [2.45, 2.75) is 32.2 Å². The van der Waals surface area contributed by atoms with Crippen LogP contribution in [0.3, 0.4) is 0 Å². The monoisotopic (exact) mass is 324 g/mol. The molecule has 3 heteroatoms. The van der Waals surface area contributed by atoms with E-state index in [2.05, 4.69) is 64.4 Å². The van der Waals surface area contributed by atoms with E-state index in [1.54, 1.807) is 0 Å². The molecule has 0 aliphatic carbocycles. The van der Waals surface area contributed by atoms with E-state index in [1.165, 1.54) is 44.5 Å². The lowest BCUT2D eigenvalue weighted by Gasteiger charge is -2.32. The molecule has 2 unspecified atom stereocenters. The molecule has 1 aromatic carbocycles. The van der Waals surface area contributed by atoms with Crippen LogP contribution in [0.25, 0.3) is 0 Å². The fourth-order valence-corrected chi connectivity index (χ4v) is 3.24. The van der Waals surface area contributed by atoms with E-state index in [0.717, 1.165) is 10.4 Å². The normalized spacial score (nSPS) is 22.4. The summed E-state index contributed by atoms with van der Waals surface area (Å²) in [6.07, 6.45) is 3.95. The molecule has 1 saturated heterocycles. The highest BCUT2D eigenvalue weighted by Crippen LogP contribution is 2.21. The third kappa shape index (κ3) is 4.59. The van der Waals surface area contributed by atoms with E-state index < -0.39 is 0 Å². The van der Waals surface area contributed by atoms with E-state index in [4.69, 9.17) is 0 Å². The summed E-state index contributed by atoms with van der Waals surface area (Å²) in [5.74, 6) is 0.870. The van der Waals surface area contributed by atoms with Crippen molar-refractivity contribution in [2.75, 3.05) is 26.7 Å². The topological polar surface area (TPSA) is 15.3 Å². The molecule has 0 bridgehead atoms. The predicted octanol–water partition coefficient (Wildman–Crippen LogP) is 3.83. The zero-order valence-corrected chi connectivity index (χ0v) is 13.6. The lowest BCUT2D eigenvalue weighted by Crippen LogP contribution is -2.36. The molecule has 1 N–H and O–H groups in total. The van der Waals surface area contributed by atoms with Crippen molar-refractivity contribution in [3.05, 3.63) is 34.3 Å². The SMILES string of the molecule is CNC(CCN1CCCC(C)C1)c1ccc(Br)cc1. The second kappa shape index (κ2) is 7.41. The molecule has 2 nitrogen and oxygen atoms in total. The van der Waals surface area contributed by atoms with E-state index >= 15 is 0 Å². The van der Waals surface area contributed by atoms with Gasteiger partial charge in [0.1, 0.15) is 0 Å². The van der Waals surface area contributed by atoms with Crippen LogP contribution in [0.4, 0.5) is 0 Å². The van der Waals surface area contributed by atoms with E-state index in [0.29, 0.717) is 6.04 Å². The van der Waals surface area contributed by atoms with Gasteiger partial charge in [0, 0.05) is 17.1 Å². The highest BCUT2D eigenvalue weighted by molar-refractivity contribution is 9.10. The van der Waals surface area contributed by atoms with Crippen LogP contribution in [0.2, 0.25) is 0 Å². The van der Waals surface area contributed by atoms with Gasteiger partial charge in [0.15, 0.2) is 0 Å². The highest BCUT2D eigenvalue weighted by atomic mass is 79.9. The zero-order valence-electron chi connectivity index (χ0n) is 12.0. The average molecular weight is 325 g/mol.